The molecule has 3 aromatic carbocycles. The molecule has 1 heterocycles. The van der Waals surface area contributed by atoms with Gasteiger partial charge in [-0.1, -0.05) is 29.8 Å². The van der Waals surface area contributed by atoms with Crippen molar-refractivity contribution < 1.29 is 27.5 Å². The Labute approximate surface area is 209 Å². The van der Waals surface area contributed by atoms with Crippen LogP contribution >= 0.6 is 11.6 Å². The third-order valence-electron chi connectivity index (χ3n) is 5.71. The third kappa shape index (κ3) is 5.04. The second-order valence-electron chi connectivity index (χ2n) is 7.99. The van der Waals surface area contributed by atoms with E-state index in [4.69, 9.17) is 21.1 Å². The lowest BCUT2D eigenvalue weighted by atomic mass is 10.1. The first-order chi connectivity index (χ1) is 16.7. The van der Waals surface area contributed by atoms with Gasteiger partial charge in [0, 0.05) is 17.7 Å². The van der Waals surface area contributed by atoms with E-state index in [9.17, 15) is 18.0 Å². The van der Waals surface area contributed by atoms with Crippen LogP contribution in [0.25, 0.3) is 0 Å². The number of sulfonamides is 1. The largest absolute Gasteiger partial charge is 0.493 e. The maximum Gasteiger partial charge on any atom is 0.338 e. The minimum Gasteiger partial charge on any atom is -0.493 e. The smallest absolute Gasteiger partial charge is 0.338 e. The van der Waals surface area contributed by atoms with Crippen molar-refractivity contribution in [1.82, 2.24) is 0 Å². The molecule has 9 heteroatoms. The molecular formula is C26H24ClNO6S. The standard InChI is InChI=1S/C26H24ClNO6S/c1-3-33-24-11-9-19(17(2)29)14-21(24)16-34-26(30)20-8-10-22(27)25(15-20)35(31,32)28-13-12-18-6-4-5-7-23(18)28/h4-11,14-15H,3,12-13,16H2,1-2H3. The molecule has 0 fully saturated rings. The lowest BCUT2D eigenvalue weighted by Gasteiger charge is -2.20. The van der Waals surface area contributed by atoms with Crippen molar-refractivity contribution in [3.05, 3.63) is 87.9 Å². The number of rotatable bonds is 8. The number of hydrogen-bond acceptors (Lipinski definition) is 6. The fourth-order valence-electron chi connectivity index (χ4n) is 3.94. The van der Waals surface area contributed by atoms with Crippen LogP contribution in [0.2, 0.25) is 5.02 Å². The summed E-state index contributed by atoms with van der Waals surface area (Å²) in [5.74, 6) is -0.357. The number of carbonyl (C=O) groups excluding carboxylic acids is 2. The quantitative estimate of drug-likeness (QED) is 0.309. The van der Waals surface area contributed by atoms with Gasteiger partial charge < -0.3 is 9.47 Å². The summed E-state index contributed by atoms with van der Waals surface area (Å²) in [7, 11) is -4.00. The summed E-state index contributed by atoms with van der Waals surface area (Å²) in [6.45, 7) is 3.81. The van der Waals surface area contributed by atoms with Gasteiger partial charge in [-0.25, -0.2) is 13.2 Å². The monoisotopic (exact) mass is 513 g/mol. The maximum atomic E-state index is 13.4. The number of Topliss-reactive ketones (excluding diaryl/α,β-unsaturated/α-hetero) is 1. The zero-order valence-corrected chi connectivity index (χ0v) is 20.9. The molecule has 0 radical (unpaired) electrons. The summed E-state index contributed by atoms with van der Waals surface area (Å²) in [6.07, 6.45) is 0.593. The van der Waals surface area contributed by atoms with Crippen LogP contribution in [0, 0.1) is 0 Å². The molecule has 0 spiro atoms. The van der Waals surface area contributed by atoms with E-state index in [0.29, 0.717) is 42.1 Å². The van der Waals surface area contributed by atoms with Gasteiger partial charge in [-0.3, -0.25) is 9.10 Å². The highest BCUT2D eigenvalue weighted by Crippen LogP contribution is 2.35. The first kappa shape index (κ1) is 24.8. The molecule has 0 saturated carbocycles. The molecule has 0 atom stereocenters. The van der Waals surface area contributed by atoms with Crippen molar-refractivity contribution in [2.45, 2.75) is 31.8 Å². The van der Waals surface area contributed by atoms with Gasteiger partial charge in [0.05, 0.1) is 22.9 Å². The summed E-state index contributed by atoms with van der Waals surface area (Å²) in [4.78, 5) is 24.4. The zero-order valence-electron chi connectivity index (χ0n) is 19.3. The second kappa shape index (κ2) is 10.1. The zero-order chi connectivity index (χ0) is 25.2. The van der Waals surface area contributed by atoms with Crippen LogP contribution in [-0.4, -0.2) is 33.3 Å². The topological polar surface area (TPSA) is 90.0 Å². The number of anilines is 1. The van der Waals surface area contributed by atoms with Gasteiger partial charge in [-0.2, -0.15) is 0 Å². The molecule has 182 valence electrons. The van der Waals surface area contributed by atoms with Gasteiger partial charge >= 0.3 is 5.97 Å². The number of esters is 1. The first-order valence-corrected chi connectivity index (χ1v) is 12.9. The molecule has 0 aromatic heterocycles. The van der Waals surface area contributed by atoms with Gasteiger partial charge in [0.15, 0.2) is 5.78 Å². The number of ketones is 1. The Morgan fingerprint density at radius 3 is 2.51 bits per heavy atom. The van der Waals surface area contributed by atoms with Crippen LogP contribution in [-0.2, 0) is 27.8 Å². The van der Waals surface area contributed by atoms with Crippen LogP contribution in [0.15, 0.2) is 65.6 Å². The van der Waals surface area contributed by atoms with Crippen molar-refractivity contribution in [1.29, 1.82) is 0 Å². The maximum absolute atomic E-state index is 13.4. The Kier molecular flexibility index (Phi) is 7.14. The van der Waals surface area contributed by atoms with Crippen molar-refractivity contribution >= 4 is 39.1 Å². The highest BCUT2D eigenvalue weighted by Gasteiger charge is 2.32. The lowest BCUT2D eigenvalue weighted by Crippen LogP contribution is -2.29. The predicted octanol–water partition coefficient (Wildman–Crippen LogP) is 5.05. The average molecular weight is 514 g/mol. The molecule has 1 aliphatic rings. The predicted molar refractivity (Wildman–Crippen MR) is 133 cm³/mol. The van der Waals surface area contributed by atoms with Crippen LogP contribution in [0.1, 0.15) is 45.7 Å². The summed E-state index contributed by atoms with van der Waals surface area (Å²) < 4.78 is 39.2. The summed E-state index contributed by atoms with van der Waals surface area (Å²) >= 11 is 6.26. The van der Waals surface area contributed by atoms with Crippen LogP contribution in [0.3, 0.4) is 0 Å². The van der Waals surface area contributed by atoms with Crippen LogP contribution < -0.4 is 9.04 Å². The van der Waals surface area contributed by atoms with Crippen LogP contribution in [0.4, 0.5) is 5.69 Å². The van der Waals surface area contributed by atoms with Crippen molar-refractivity contribution in [3.8, 4) is 5.75 Å². The normalized spacial score (nSPS) is 12.8. The number of ether oxygens (including phenoxy) is 2. The molecule has 4 rings (SSSR count). The minimum absolute atomic E-state index is 0.0127. The SMILES string of the molecule is CCOc1ccc(C(C)=O)cc1COC(=O)c1ccc(Cl)c(S(=O)(=O)N2CCc3ccccc32)c1. The fraction of sp³-hybridized carbons (Fsp3) is 0.231. The van der Waals surface area contributed by atoms with Crippen molar-refractivity contribution in [3.63, 3.8) is 0 Å². The van der Waals surface area contributed by atoms with Crippen molar-refractivity contribution in [2.24, 2.45) is 0 Å². The molecule has 0 saturated heterocycles. The van der Waals surface area contributed by atoms with E-state index in [-0.39, 0.29) is 27.9 Å². The van der Waals surface area contributed by atoms with Crippen LogP contribution in [0.5, 0.6) is 5.75 Å². The number of para-hydroxylation sites is 1. The van der Waals surface area contributed by atoms with Gasteiger partial charge in [-0.15, -0.1) is 0 Å². The van der Waals surface area contributed by atoms with Gasteiger partial charge in [0.25, 0.3) is 10.0 Å². The molecule has 1 aliphatic heterocycles. The summed E-state index contributed by atoms with van der Waals surface area (Å²) in [5, 5.41) is 0.0127. The Balaban J connectivity index is 1.58. The average Bonchev–Trinajstić information content (AvgIpc) is 3.28. The van der Waals surface area contributed by atoms with E-state index in [2.05, 4.69) is 0 Å². The number of halogens is 1. The number of benzene rings is 3. The van der Waals surface area contributed by atoms with E-state index in [0.717, 1.165) is 5.56 Å². The number of nitrogens with zero attached hydrogens (tertiary/aromatic N) is 1. The van der Waals surface area contributed by atoms with E-state index in [1.165, 1.54) is 29.4 Å². The lowest BCUT2D eigenvalue weighted by molar-refractivity contribution is 0.0469. The number of hydrogen-bond donors (Lipinski definition) is 0. The fourth-order valence-corrected chi connectivity index (χ4v) is 5.95. The Bertz CT molecular complexity index is 1400. The second-order valence-corrected chi connectivity index (χ2v) is 10.2. The van der Waals surface area contributed by atoms with Gasteiger partial charge in [0.1, 0.15) is 17.3 Å². The molecule has 0 unspecified atom stereocenters. The Morgan fingerprint density at radius 2 is 1.77 bits per heavy atom. The first-order valence-electron chi connectivity index (χ1n) is 11.1. The van der Waals surface area contributed by atoms with E-state index in [1.54, 1.807) is 30.3 Å². The molecule has 0 bridgehead atoms. The highest BCUT2D eigenvalue weighted by atomic mass is 35.5. The summed E-state index contributed by atoms with van der Waals surface area (Å²) in [6, 6.07) is 16.2. The molecule has 0 N–H and O–H groups in total. The number of fused-ring (bicyclic) bond motifs is 1. The third-order valence-corrected chi connectivity index (χ3v) is 8.00. The summed E-state index contributed by atoms with van der Waals surface area (Å²) in [5.41, 5.74) is 2.57. The highest BCUT2D eigenvalue weighted by molar-refractivity contribution is 7.93. The minimum atomic E-state index is -4.00. The molecule has 7 nitrogen and oxygen atoms in total. The van der Waals surface area contributed by atoms with Gasteiger partial charge in [0.2, 0.25) is 0 Å². The van der Waals surface area contributed by atoms with E-state index in [1.807, 2.05) is 19.1 Å². The molecular weight excluding hydrogens is 490 g/mol. The van der Waals surface area contributed by atoms with E-state index >= 15 is 0 Å². The Hall–Kier alpha value is -3.36. The molecule has 0 aliphatic carbocycles. The molecule has 0 amide bonds. The van der Waals surface area contributed by atoms with E-state index < -0.39 is 16.0 Å². The van der Waals surface area contributed by atoms with Gasteiger partial charge in [-0.05, 0) is 68.3 Å². The van der Waals surface area contributed by atoms with Crippen molar-refractivity contribution in [2.75, 3.05) is 17.5 Å². The Morgan fingerprint density at radius 1 is 1.03 bits per heavy atom. The molecule has 3 aromatic rings. The molecule has 35 heavy (non-hydrogen) atoms. The number of carbonyl (C=O) groups is 2.